The lowest BCUT2D eigenvalue weighted by molar-refractivity contribution is -0.115. The number of thioether (sulfide) groups is 1. The van der Waals surface area contributed by atoms with E-state index in [1.165, 1.54) is 23.7 Å². The maximum absolute atomic E-state index is 13.2. The number of hydrogen-bond acceptors (Lipinski definition) is 10. The van der Waals surface area contributed by atoms with Crippen LogP contribution in [-0.2, 0) is 31.8 Å². The minimum Gasteiger partial charge on any atom is -0.465 e. The van der Waals surface area contributed by atoms with Crippen LogP contribution in [-0.4, -0.2) is 49.4 Å². The molecule has 2 aromatic heterocycles. The summed E-state index contributed by atoms with van der Waals surface area (Å²) < 4.78 is 16.1. The molecule has 1 amide bonds. The number of methoxy groups -OCH3 is 1. The third-order valence-corrected chi connectivity index (χ3v) is 9.55. The van der Waals surface area contributed by atoms with Crippen LogP contribution in [0.4, 0.5) is 5.00 Å². The van der Waals surface area contributed by atoms with Crippen molar-refractivity contribution in [3.63, 3.8) is 0 Å². The second kappa shape index (κ2) is 12.7. The lowest BCUT2D eigenvalue weighted by atomic mass is 10.1. The van der Waals surface area contributed by atoms with Crippen LogP contribution in [0.1, 0.15) is 86.4 Å². The van der Waals surface area contributed by atoms with Gasteiger partial charge in [0.15, 0.2) is 0 Å². The number of carbonyl (C=O) groups excluding carboxylic acids is 4. The van der Waals surface area contributed by atoms with E-state index >= 15 is 0 Å². The molecule has 11 heteroatoms. The minimum atomic E-state index is -0.618. The van der Waals surface area contributed by atoms with Gasteiger partial charge in [-0.05, 0) is 64.5 Å². The zero-order chi connectivity index (χ0) is 26.4. The van der Waals surface area contributed by atoms with Crippen LogP contribution in [0.5, 0.6) is 0 Å². The number of amides is 1. The predicted octanol–water partition coefficient (Wildman–Crippen LogP) is 5.65. The van der Waals surface area contributed by atoms with Gasteiger partial charge < -0.3 is 19.5 Å². The molecule has 8 nitrogen and oxygen atoms in total. The standard InChI is InChI=1S/C25H31NO7S3/c1-6-32-23(29)17-13(3)19(24(30)33-7-2)36-21(17)26-20(27)14(4)34-25-18(22(28)31-5)15-11-9-8-10-12-16(15)35-25/h14H,6-12H2,1-5H3,(H,26,27). The van der Waals surface area contributed by atoms with Gasteiger partial charge in [-0.2, -0.15) is 0 Å². The lowest BCUT2D eigenvalue weighted by Crippen LogP contribution is -2.23. The Kier molecular flexibility index (Phi) is 9.98. The monoisotopic (exact) mass is 553 g/mol. The number of fused-ring (bicyclic) bond motifs is 1. The Morgan fingerprint density at radius 3 is 2.28 bits per heavy atom. The number of carbonyl (C=O) groups is 4. The molecule has 36 heavy (non-hydrogen) atoms. The summed E-state index contributed by atoms with van der Waals surface area (Å²) in [6, 6.07) is 0. The largest absolute Gasteiger partial charge is 0.465 e. The minimum absolute atomic E-state index is 0.147. The van der Waals surface area contributed by atoms with Crippen LogP contribution in [0, 0.1) is 6.92 Å². The molecule has 2 heterocycles. The normalized spacial score (nSPS) is 13.8. The molecule has 0 fully saturated rings. The summed E-state index contributed by atoms with van der Waals surface area (Å²) in [7, 11) is 1.37. The molecule has 1 unspecified atom stereocenters. The van der Waals surface area contributed by atoms with Gasteiger partial charge >= 0.3 is 17.9 Å². The number of anilines is 1. The highest BCUT2D eigenvalue weighted by Gasteiger charge is 2.31. The first-order valence-electron chi connectivity index (χ1n) is 11.9. The van der Waals surface area contributed by atoms with Gasteiger partial charge in [0.1, 0.15) is 9.88 Å². The first kappa shape index (κ1) is 28.2. The van der Waals surface area contributed by atoms with E-state index in [2.05, 4.69) is 5.32 Å². The van der Waals surface area contributed by atoms with Gasteiger partial charge in [-0.3, -0.25) is 4.79 Å². The SMILES string of the molecule is CCOC(=O)c1sc(NC(=O)C(C)Sc2sc3c(c2C(=O)OC)CCCCC3)c(C(=O)OCC)c1C. The Morgan fingerprint density at radius 1 is 0.944 bits per heavy atom. The molecule has 1 aliphatic rings. The molecular weight excluding hydrogens is 522 g/mol. The zero-order valence-corrected chi connectivity index (χ0v) is 23.6. The van der Waals surface area contributed by atoms with Gasteiger partial charge in [0.2, 0.25) is 5.91 Å². The van der Waals surface area contributed by atoms with Crippen LogP contribution < -0.4 is 5.32 Å². The van der Waals surface area contributed by atoms with E-state index in [4.69, 9.17) is 14.2 Å². The summed E-state index contributed by atoms with van der Waals surface area (Å²) in [5.41, 5.74) is 2.15. The van der Waals surface area contributed by atoms with Gasteiger partial charge in [0.25, 0.3) is 0 Å². The molecule has 0 bridgehead atoms. The molecule has 1 atom stereocenters. The van der Waals surface area contributed by atoms with Crippen molar-refractivity contribution in [2.24, 2.45) is 0 Å². The summed E-state index contributed by atoms with van der Waals surface area (Å²) in [5.74, 6) is -1.92. The van der Waals surface area contributed by atoms with Crippen molar-refractivity contribution in [3.05, 3.63) is 32.0 Å². The Hall–Kier alpha value is -2.37. The molecule has 2 aromatic rings. The smallest absolute Gasteiger partial charge is 0.348 e. The number of nitrogens with one attached hydrogen (secondary N) is 1. The zero-order valence-electron chi connectivity index (χ0n) is 21.1. The molecule has 3 rings (SSSR count). The van der Waals surface area contributed by atoms with Crippen molar-refractivity contribution in [3.8, 4) is 0 Å². The molecular formula is C25H31NO7S3. The summed E-state index contributed by atoms with van der Waals surface area (Å²) >= 11 is 3.83. The first-order valence-corrected chi connectivity index (χ1v) is 14.4. The fraction of sp³-hybridized carbons (Fsp3) is 0.520. The van der Waals surface area contributed by atoms with Crippen molar-refractivity contribution >= 4 is 63.3 Å². The average Bonchev–Trinajstić information content (AvgIpc) is 3.25. The predicted molar refractivity (Wildman–Crippen MR) is 142 cm³/mol. The van der Waals surface area contributed by atoms with E-state index in [1.54, 1.807) is 39.0 Å². The van der Waals surface area contributed by atoms with E-state index < -0.39 is 17.2 Å². The Balaban J connectivity index is 1.87. The van der Waals surface area contributed by atoms with E-state index in [-0.39, 0.29) is 40.5 Å². The number of ether oxygens (including phenoxy) is 3. The second-order valence-corrected chi connectivity index (χ2v) is 11.9. The number of esters is 3. The Morgan fingerprint density at radius 2 is 1.61 bits per heavy atom. The Bertz CT molecular complexity index is 1150. The highest BCUT2D eigenvalue weighted by atomic mass is 32.2. The molecule has 196 valence electrons. The van der Waals surface area contributed by atoms with E-state index in [9.17, 15) is 19.2 Å². The van der Waals surface area contributed by atoms with Crippen molar-refractivity contribution in [2.75, 3.05) is 25.6 Å². The summed E-state index contributed by atoms with van der Waals surface area (Å²) in [6.07, 6.45) is 4.96. The van der Waals surface area contributed by atoms with Gasteiger partial charge in [0.05, 0.1) is 40.9 Å². The maximum atomic E-state index is 13.2. The highest BCUT2D eigenvalue weighted by Crippen LogP contribution is 2.42. The lowest BCUT2D eigenvalue weighted by Gasteiger charge is -2.13. The van der Waals surface area contributed by atoms with Gasteiger partial charge in [-0.1, -0.05) is 6.42 Å². The molecule has 0 saturated carbocycles. The maximum Gasteiger partial charge on any atom is 0.348 e. The highest BCUT2D eigenvalue weighted by molar-refractivity contribution is 8.02. The molecule has 0 radical (unpaired) electrons. The quantitative estimate of drug-likeness (QED) is 0.184. The summed E-state index contributed by atoms with van der Waals surface area (Å²) in [6.45, 7) is 7.09. The fourth-order valence-corrected chi connectivity index (χ4v) is 7.92. The van der Waals surface area contributed by atoms with E-state index in [1.807, 2.05) is 0 Å². The van der Waals surface area contributed by atoms with Gasteiger partial charge in [0, 0.05) is 4.88 Å². The van der Waals surface area contributed by atoms with E-state index in [0.717, 1.165) is 53.2 Å². The molecule has 0 spiro atoms. The Labute approximate surface area is 223 Å². The van der Waals surface area contributed by atoms with Crippen molar-refractivity contribution < 1.29 is 33.4 Å². The van der Waals surface area contributed by atoms with Crippen molar-refractivity contribution in [2.45, 2.75) is 69.3 Å². The molecule has 1 aliphatic carbocycles. The number of aryl methyl sites for hydroxylation is 1. The van der Waals surface area contributed by atoms with Crippen LogP contribution in [0.25, 0.3) is 0 Å². The fourth-order valence-electron chi connectivity index (χ4n) is 3.98. The number of rotatable bonds is 9. The third-order valence-electron chi connectivity index (χ3n) is 5.76. The first-order chi connectivity index (χ1) is 17.2. The van der Waals surface area contributed by atoms with Gasteiger partial charge in [-0.25, -0.2) is 14.4 Å². The average molecular weight is 554 g/mol. The van der Waals surface area contributed by atoms with Crippen LogP contribution in [0.2, 0.25) is 0 Å². The van der Waals surface area contributed by atoms with E-state index in [0.29, 0.717) is 11.1 Å². The molecule has 1 N–H and O–H groups in total. The summed E-state index contributed by atoms with van der Waals surface area (Å²) in [5, 5.41) is 2.45. The molecule has 0 saturated heterocycles. The number of hydrogen-bond donors (Lipinski definition) is 1. The molecule has 0 aromatic carbocycles. The number of thiophene rings is 2. The third kappa shape index (κ3) is 6.12. The van der Waals surface area contributed by atoms with Crippen molar-refractivity contribution in [1.82, 2.24) is 0 Å². The van der Waals surface area contributed by atoms with Crippen LogP contribution >= 0.6 is 34.4 Å². The topological polar surface area (TPSA) is 108 Å². The van der Waals surface area contributed by atoms with Crippen molar-refractivity contribution in [1.29, 1.82) is 0 Å². The summed E-state index contributed by atoms with van der Waals surface area (Å²) in [4.78, 5) is 52.3. The van der Waals surface area contributed by atoms with Crippen LogP contribution in [0.15, 0.2) is 4.21 Å². The van der Waals surface area contributed by atoms with Crippen LogP contribution in [0.3, 0.4) is 0 Å². The van der Waals surface area contributed by atoms with Gasteiger partial charge in [-0.15, -0.1) is 34.4 Å². The second-order valence-electron chi connectivity index (χ2n) is 8.17. The molecule has 0 aliphatic heterocycles.